The van der Waals surface area contributed by atoms with Crippen molar-refractivity contribution in [3.63, 3.8) is 0 Å². The molecule has 6 rings (SSSR count). The number of hydrogen-bond donors (Lipinski definition) is 0. The molecule has 4 amide bonds. The van der Waals surface area contributed by atoms with Crippen LogP contribution in [0.5, 0.6) is 0 Å². The second-order valence-corrected chi connectivity index (χ2v) is 9.05. The summed E-state index contributed by atoms with van der Waals surface area (Å²) in [6, 6.07) is 25.3. The van der Waals surface area contributed by atoms with Crippen LogP contribution in [0.15, 0.2) is 91.0 Å². The number of carbonyl (C=O) groups excluding carboxylic acids is 5. The number of rotatable bonds is 4. The Bertz CT molecular complexity index is 1290. The van der Waals surface area contributed by atoms with E-state index in [0.717, 1.165) is 9.80 Å². The Morgan fingerprint density at radius 1 is 0.486 bits per heavy atom. The molecule has 5 atom stereocenters. The third-order valence-corrected chi connectivity index (χ3v) is 7.35. The van der Waals surface area contributed by atoms with Gasteiger partial charge in [0.1, 0.15) is 0 Å². The second kappa shape index (κ2) is 7.84. The van der Waals surface area contributed by atoms with E-state index in [9.17, 15) is 24.0 Å². The Hall–Kier alpha value is -4.39. The molecule has 7 heteroatoms. The molecule has 3 aromatic rings. The summed E-state index contributed by atoms with van der Waals surface area (Å²) >= 11 is 0. The lowest BCUT2D eigenvalue weighted by Crippen LogP contribution is -2.40. The van der Waals surface area contributed by atoms with Gasteiger partial charge >= 0.3 is 0 Å². The van der Waals surface area contributed by atoms with Crippen LogP contribution in [0, 0.1) is 29.6 Å². The second-order valence-electron chi connectivity index (χ2n) is 9.05. The van der Waals surface area contributed by atoms with Crippen molar-refractivity contribution in [3.8, 4) is 0 Å². The van der Waals surface area contributed by atoms with Gasteiger partial charge in [0.2, 0.25) is 23.6 Å². The number of nitrogens with zero attached hydrogens (tertiary/aromatic N) is 2. The third-order valence-electron chi connectivity index (χ3n) is 7.35. The van der Waals surface area contributed by atoms with E-state index in [2.05, 4.69) is 0 Å². The van der Waals surface area contributed by atoms with Crippen molar-refractivity contribution in [3.05, 3.63) is 96.6 Å². The molecule has 0 bridgehead atoms. The SMILES string of the molecule is O=C(c1ccccc1)C1[C@H]2C(=O)N(c3ccccc3)C(=O)[C@@H]2[C@H]2C(=O)N(c3ccccc3)C(=O)[C@@H]12. The standard InChI is InChI=1S/C28H20N2O5/c31-24(16-10-4-1-5-11-16)19-20-22(27(34)29(25(20)32)17-12-6-2-7-13-17)23-21(19)26(33)30(28(23)35)18-14-8-3-9-15-18/h1-15,19-23H/t19?,20-,21+,22-,23-/m0/s1. The highest BCUT2D eigenvalue weighted by atomic mass is 16.2. The average molecular weight is 464 g/mol. The van der Waals surface area contributed by atoms with Crippen molar-refractivity contribution < 1.29 is 24.0 Å². The van der Waals surface area contributed by atoms with Crippen molar-refractivity contribution in [1.82, 2.24) is 0 Å². The number of benzene rings is 3. The highest BCUT2D eigenvalue weighted by Crippen LogP contribution is 2.56. The fourth-order valence-electron chi connectivity index (χ4n) is 5.94. The maximum Gasteiger partial charge on any atom is 0.238 e. The Kier molecular flexibility index (Phi) is 4.74. The van der Waals surface area contributed by atoms with Crippen LogP contribution in [-0.2, 0) is 19.2 Å². The molecule has 0 spiro atoms. The quantitative estimate of drug-likeness (QED) is 0.437. The first-order valence-corrected chi connectivity index (χ1v) is 11.5. The monoisotopic (exact) mass is 464 g/mol. The predicted molar refractivity (Wildman–Crippen MR) is 126 cm³/mol. The molecule has 3 aliphatic rings. The van der Waals surface area contributed by atoms with Crippen LogP contribution < -0.4 is 9.80 Å². The van der Waals surface area contributed by atoms with Gasteiger partial charge in [-0.3, -0.25) is 33.8 Å². The number of fused-ring (bicyclic) bond motifs is 3. The van der Waals surface area contributed by atoms with E-state index in [-0.39, 0.29) is 0 Å². The number of Topliss-reactive ketones (excluding diaryl/α,β-unsaturated/α-hetero) is 1. The molecule has 35 heavy (non-hydrogen) atoms. The van der Waals surface area contributed by atoms with E-state index in [1.54, 1.807) is 91.0 Å². The van der Waals surface area contributed by atoms with E-state index < -0.39 is 59.0 Å². The van der Waals surface area contributed by atoms with Crippen LogP contribution in [0.1, 0.15) is 10.4 Å². The molecular weight excluding hydrogens is 444 g/mol. The van der Waals surface area contributed by atoms with Gasteiger partial charge in [0.25, 0.3) is 0 Å². The molecule has 1 unspecified atom stereocenters. The van der Waals surface area contributed by atoms with Gasteiger partial charge in [-0.05, 0) is 24.3 Å². The summed E-state index contributed by atoms with van der Waals surface area (Å²) in [6.45, 7) is 0. The summed E-state index contributed by atoms with van der Waals surface area (Å²) in [4.78, 5) is 70.5. The van der Waals surface area contributed by atoms with Gasteiger partial charge in [-0.2, -0.15) is 0 Å². The number of hydrogen-bond acceptors (Lipinski definition) is 5. The van der Waals surface area contributed by atoms with Crippen LogP contribution in [0.4, 0.5) is 11.4 Å². The lowest BCUT2D eigenvalue weighted by molar-refractivity contribution is -0.129. The van der Waals surface area contributed by atoms with Gasteiger partial charge in [0, 0.05) is 11.5 Å². The van der Waals surface area contributed by atoms with Crippen LogP contribution in [0.25, 0.3) is 0 Å². The summed E-state index contributed by atoms with van der Waals surface area (Å²) in [7, 11) is 0. The highest BCUT2D eigenvalue weighted by Gasteiger charge is 2.72. The van der Waals surface area contributed by atoms with E-state index in [0.29, 0.717) is 16.9 Å². The zero-order chi connectivity index (χ0) is 24.3. The van der Waals surface area contributed by atoms with Gasteiger partial charge in [-0.1, -0.05) is 66.7 Å². The van der Waals surface area contributed by atoms with Crippen LogP contribution in [0.3, 0.4) is 0 Å². The van der Waals surface area contributed by atoms with Gasteiger partial charge in [0.15, 0.2) is 5.78 Å². The number of ketones is 1. The maximum atomic E-state index is 13.8. The largest absolute Gasteiger partial charge is 0.294 e. The summed E-state index contributed by atoms with van der Waals surface area (Å²) in [5, 5.41) is 0. The minimum atomic E-state index is -1.11. The zero-order valence-corrected chi connectivity index (χ0v) is 18.5. The molecule has 2 aliphatic heterocycles. The summed E-state index contributed by atoms with van der Waals surface area (Å²) in [5.74, 6) is -7.97. The van der Waals surface area contributed by atoms with Crippen molar-refractivity contribution >= 4 is 40.8 Å². The van der Waals surface area contributed by atoms with Gasteiger partial charge in [-0.15, -0.1) is 0 Å². The molecule has 0 N–H and O–H groups in total. The van der Waals surface area contributed by atoms with Crippen molar-refractivity contribution in [2.75, 3.05) is 9.80 Å². The number of carbonyl (C=O) groups is 5. The maximum absolute atomic E-state index is 13.8. The first-order valence-electron chi connectivity index (χ1n) is 11.5. The lowest BCUT2D eigenvalue weighted by atomic mass is 9.81. The fraction of sp³-hybridized carbons (Fsp3) is 0.179. The van der Waals surface area contributed by atoms with Crippen molar-refractivity contribution in [2.45, 2.75) is 0 Å². The average Bonchev–Trinajstić information content (AvgIpc) is 3.46. The normalized spacial score (nSPS) is 27.4. The molecule has 3 aromatic carbocycles. The highest BCUT2D eigenvalue weighted by molar-refractivity contribution is 6.30. The first-order chi connectivity index (χ1) is 17.0. The molecule has 0 radical (unpaired) electrons. The minimum Gasteiger partial charge on any atom is -0.294 e. The van der Waals surface area contributed by atoms with E-state index in [4.69, 9.17) is 0 Å². The van der Waals surface area contributed by atoms with Gasteiger partial charge in [-0.25, -0.2) is 0 Å². The lowest BCUT2D eigenvalue weighted by Gasteiger charge is -2.23. The summed E-state index contributed by atoms with van der Waals surface area (Å²) in [5.41, 5.74) is 1.11. The molecule has 3 fully saturated rings. The van der Waals surface area contributed by atoms with Crippen LogP contribution in [0.2, 0.25) is 0 Å². The third kappa shape index (κ3) is 2.94. The molecule has 2 heterocycles. The first kappa shape index (κ1) is 21.2. The Labute approximate surface area is 201 Å². The number of anilines is 2. The van der Waals surface area contributed by atoms with Gasteiger partial charge in [0.05, 0.1) is 35.0 Å². The van der Waals surface area contributed by atoms with Crippen LogP contribution >= 0.6 is 0 Å². The Morgan fingerprint density at radius 3 is 1.23 bits per heavy atom. The predicted octanol–water partition coefficient (Wildman–Crippen LogP) is 3.11. The van der Waals surface area contributed by atoms with E-state index in [1.165, 1.54) is 0 Å². The van der Waals surface area contributed by atoms with Crippen LogP contribution in [-0.4, -0.2) is 29.4 Å². The molecule has 172 valence electrons. The smallest absolute Gasteiger partial charge is 0.238 e. The molecule has 0 aromatic heterocycles. The van der Waals surface area contributed by atoms with E-state index >= 15 is 0 Å². The van der Waals surface area contributed by atoms with E-state index in [1.807, 2.05) is 0 Å². The number of para-hydroxylation sites is 2. The molecule has 7 nitrogen and oxygen atoms in total. The topological polar surface area (TPSA) is 91.8 Å². The van der Waals surface area contributed by atoms with Gasteiger partial charge < -0.3 is 0 Å². The minimum absolute atomic E-state index is 0.341. The number of imide groups is 2. The molecule has 1 saturated carbocycles. The van der Waals surface area contributed by atoms with Crippen molar-refractivity contribution in [2.24, 2.45) is 29.6 Å². The Morgan fingerprint density at radius 2 is 0.829 bits per heavy atom. The number of amides is 4. The summed E-state index contributed by atoms with van der Waals surface area (Å²) in [6.07, 6.45) is 0. The summed E-state index contributed by atoms with van der Waals surface area (Å²) < 4.78 is 0. The fourth-order valence-corrected chi connectivity index (χ4v) is 5.94. The molecule has 1 aliphatic carbocycles. The molecule has 2 saturated heterocycles. The zero-order valence-electron chi connectivity index (χ0n) is 18.5. The Balaban J connectivity index is 1.49. The molecular formula is C28H20N2O5. The van der Waals surface area contributed by atoms with Crippen molar-refractivity contribution in [1.29, 1.82) is 0 Å².